The molecule has 1 aliphatic carbocycles. The molecular formula is C20H27NO4. The number of methoxy groups -OCH3 is 1. The van der Waals surface area contributed by atoms with E-state index in [9.17, 15) is 9.59 Å². The summed E-state index contributed by atoms with van der Waals surface area (Å²) in [6.07, 6.45) is 6.57. The molecule has 0 radical (unpaired) electrons. The van der Waals surface area contributed by atoms with Gasteiger partial charge in [0.1, 0.15) is 5.75 Å². The first-order valence-electron chi connectivity index (χ1n) is 8.83. The SMILES string of the molecule is COc1ccccc1/C=C/C(=O)O[C@H](C)C(=O)N[C@@H]1CCCC[C@@H]1C. The lowest BCUT2D eigenvalue weighted by molar-refractivity contribution is -0.150. The van der Waals surface area contributed by atoms with Crippen LogP contribution in [-0.4, -0.2) is 31.1 Å². The second-order valence-electron chi connectivity index (χ2n) is 6.53. The molecule has 0 bridgehead atoms. The second-order valence-corrected chi connectivity index (χ2v) is 6.53. The average molecular weight is 345 g/mol. The van der Waals surface area contributed by atoms with Crippen LogP contribution in [0.25, 0.3) is 6.08 Å². The minimum atomic E-state index is -0.816. The molecule has 136 valence electrons. The Morgan fingerprint density at radius 2 is 1.96 bits per heavy atom. The van der Waals surface area contributed by atoms with Gasteiger partial charge in [0, 0.05) is 17.7 Å². The maximum absolute atomic E-state index is 12.2. The van der Waals surface area contributed by atoms with E-state index in [-0.39, 0.29) is 11.9 Å². The molecule has 1 aromatic rings. The van der Waals surface area contributed by atoms with E-state index in [1.165, 1.54) is 12.5 Å². The van der Waals surface area contributed by atoms with Crippen molar-refractivity contribution in [2.24, 2.45) is 5.92 Å². The highest BCUT2D eigenvalue weighted by Crippen LogP contribution is 2.24. The third kappa shape index (κ3) is 5.62. The Kier molecular flexibility index (Phi) is 7.04. The second kappa shape index (κ2) is 9.25. The van der Waals surface area contributed by atoms with Crippen LogP contribution in [0.1, 0.15) is 45.1 Å². The summed E-state index contributed by atoms with van der Waals surface area (Å²) in [6, 6.07) is 7.53. The number of rotatable bonds is 6. The Balaban J connectivity index is 1.86. The molecule has 1 aromatic carbocycles. The number of ether oxygens (including phenoxy) is 2. The van der Waals surface area contributed by atoms with Crippen molar-refractivity contribution in [1.29, 1.82) is 0 Å². The van der Waals surface area contributed by atoms with Gasteiger partial charge in [0.15, 0.2) is 6.10 Å². The molecule has 0 aliphatic heterocycles. The summed E-state index contributed by atoms with van der Waals surface area (Å²) in [7, 11) is 1.57. The van der Waals surface area contributed by atoms with Gasteiger partial charge in [-0.3, -0.25) is 4.79 Å². The van der Waals surface area contributed by atoms with Crippen molar-refractivity contribution in [2.75, 3.05) is 7.11 Å². The number of para-hydroxylation sites is 1. The Morgan fingerprint density at radius 3 is 2.68 bits per heavy atom. The van der Waals surface area contributed by atoms with E-state index in [1.54, 1.807) is 20.1 Å². The van der Waals surface area contributed by atoms with Gasteiger partial charge in [-0.2, -0.15) is 0 Å². The van der Waals surface area contributed by atoms with Crippen LogP contribution in [0.2, 0.25) is 0 Å². The highest BCUT2D eigenvalue weighted by Gasteiger charge is 2.25. The molecule has 1 amide bonds. The normalized spacial score (nSPS) is 21.6. The Hall–Kier alpha value is -2.30. The molecule has 1 aliphatic rings. The predicted molar refractivity (Wildman–Crippen MR) is 97.1 cm³/mol. The average Bonchev–Trinajstić information content (AvgIpc) is 2.62. The third-order valence-electron chi connectivity index (χ3n) is 4.64. The van der Waals surface area contributed by atoms with Crippen LogP contribution in [0.5, 0.6) is 5.75 Å². The molecule has 5 heteroatoms. The zero-order valence-electron chi connectivity index (χ0n) is 15.2. The van der Waals surface area contributed by atoms with Crippen LogP contribution in [-0.2, 0) is 14.3 Å². The van der Waals surface area contributed by atoms with E-state index in [4.69, 9.17) is 9.47 Å². The van der Waals surface area contributed by atoms with E-state index >= 15 is 0 Å². The predicted octanol–water partition coefficient (Wildman–Crippen LogP) is 3.34. The number of amides is 1. The molecule has 1 N–H and O–H groups in total. The van der Waals surface area contributed by atoms with Gasteiger partial charge in [0.25, 0.3) is 5.91 Å². The standard InChI is InChI=1S/C20H27NO4/c1-14-8-4-6-10-17(14)21-20(23)15(2)25-19(22)13-12-16-9-5-7-11-18(16)24-3/h5,7,9,11-15,17H,4,6,8,10H2,1-3H3,(H,21,23)/b13-12+/t14-,15+,17+/m0/s1. The first-order valence-corrected chi connectivity index (χ1v) is 8.83. The summed E-state index contributed by atoms with van der Waals surface area (Å²) < 4.78 is 10.4. The Morgan fingerprint density at radius 1 is 1.24 bits per heavy atom. The first kappa shape index (κ1) is 19.0. The van der Waals surface area contributed by atoms with Crippen molar-refractivity contribution < 1.29 is 19.1 Å². The van der Waals surface area contributed by atoms with Gasteiger partial charge in [0.05, 0.1) is 7.11 Å². The molecule has 1 fully saturated rings. The maximum Gasteiger partial charge on any atom is 0.331 e. The van der Waals surface area contributed by atoms with Gasteiger partial charge in [-0.15, -0.1) is 0 Å². The molecule has 0 heterocycles. The minimum absolute atomic E-state index is 0.173. The molecule has 2 rings (SSSR count). The summed E-state index contributed by atoms with van der Waals surface area (Å²) in [5.41, 5.74) is 0.773. The van der Waals surface area contributed by atoms with Crippen molar-refractivity contribution in [3.63, 3.8) is 0 Å². The summed E-state index contributed by atoms with van der Waals surface area (Å²) in [6.45, 7) is 3.74. The minimum Gasteiger partial charge on any atom is -0.496 e. The third-order valence-corrected chi connectivity index (χ3v) is 4.64. The van der Waals surface area contributed by atoms with Crippen molar-refractivity contribution in [2.45, 2.75) is 51.7 Å². The monoisotopic (exact) mass is 345 g/mol. The summed E-state index contributed by atoms with van der Waals surface area (Å²) >= 11 is 0. The fourth-order valence-electron chi connectivity index (χ4n) is 3.06. The zero-order valence-corrected chi connectivity index (χ0v) is 15.2. The van der Waals surface area contributed by atoms with E-state index in [1.807, 2.05) is 24.3 Å². The molecule has 3 atom stereocenters. The molecule has 0 unspecified atom stereocenters. The fraction of sp³-hybridized carbons (Fsp3) is 0.500. The van der Waals surface area contributed by atoms with Gasteiger partial charge >= 0.3 is 5.97 Å². The lowest BCUT2D eigenvalue weighted by Gasteiger charge is -2.30. The molecule has 25 heavy (non-hydrogen) atoms. The molecule has 1 saturated carbocycles. The van der Waals surface area contributed by atoms with Crippen molar-refractivity contribution in [1.82, 2.24) is 5.32 Å². The van der Waals surface area contributed by atoms with Gasteiger partial charge in [-0.25, -0.2) is 4.79 Å². The number of carbonyl (C=O) groups excluding carboxylic acids is 2. The van der Waals surface area contributed by atoms with Crippen LogP contribution >= 0.6 is 0 Å². The molecular weight excluding hydrogens is 318 g/mol. The topological polar surface area (TPSA) is 64.6 Å². The number of esters is 1. The fourth-order valence-corrected chi connectivity index (χ4v) is 3.06. The highest BCUT2D eigenvalue weighted by molar-refractivity contribution is 5.90. The van der Waals surface area contributed by atoms with E-state index in [0.29, 0.717) is 11.7 Å². The van der Waals surface area contributed by atoms with E-state index < -0.39 is 12.1 Å². The highest BCUT2D eigenvalue weighted by atomic mass is 16.5. The van der Waals surface area contributed by atoms with Gasteiger partial charge in [-0.1, -0.05) is 38.0 Å². The summed E-state index contributed by atoms with van der Waals surface area (Å²) in [5, 5.41) is 3.01. The quantitative estimate of drug-likeness (QED) is 0.634. The summed E-state index contributed by atoms with van der Waals surface area (Å²) in [5.74, 6) is 0.345. The summed E-state index contributed by atoms with van der Waals surface area (Å²) in [4.78, 5) is 24.2. The van der Waals surface area contributed by atoms with Crippen LogP contribution < -0.4 is 10.1 Å². The molecule has 5 nitrogen and oxygen atoms in total. The van der Waals surface area contributed by atoms with Crippen LogP contribution in [0.3, 0.4) is 0 Å². The number of benzene rings is 1. The van der Waals surface area contributed by atoms with Gasteiger partial charge < -0.3 is 14.8 Å². The van der Waals surface area contributed by atoms with Crippen LogP contribution in [0, 0.1) is 5.92 Å². The van der Waals surface area contributed by atoms with Crippen molar-refractivity contribution in [3.05, 3.63) is 35.9 Å². The van der Waals surface area contributed by atoms with Gasteiger partial charge in [0.2, 0.25) is 0 Å². The maximum atomic E-state index is 12.2. The number of nitrogens with one attached hydrogen (secondary N) is 1. The number of carbonyl (C=O) groups is 2. The molecule has 0 aromatic heterocycles. The molecule has 0 saturated heterocycles. The van der Waals surface area contributed by atoms with Crippen LogP contribution in [0.15, 0.2) is 30.3 Å². The zero-order chi connectivity index (χ0) is 18.2. The Labute approximate surface area is 149 Å². The first-order chi connectivity index (χ1) is 12.0. The van der Waals surface area contributed by atoms with Crippen molar-refractivity contribution in [3.8, 4) is 5.75 Å². The largest absolute Gasteiger partial charge is 0.496 e. The van der Waals surface area contributed by atoms with E-state index in [0.717, 1.165) is 24.8 Å². The Bertz CT molecular complexity index is 626. The lowest BCUT2D eigenvalue weighted by Crippen LogP contribution is -2.45. The van der Waals surface area contributed by atoms with Crippen LogP contribution in [0.4, 0.5) is 0 Å². The number of hydrogen-bond acceptors (Lipinski definition) is 4. The van der Waals surface area contributed by atoms with Crippen molar-refractivity contribution >= 4 is 18.0 Å². The van der Waals surface area contributed by atoms with E-state index in [2.05, 4.69) is 12.2 Å². The number of hydrogen-bond donors (Lipinski definition) is 1. The molecule has 0 spiro atoms. The lowest BCUT2D eigenvalue weighted by atomic mass is 9.86. The smallest absolute Gasteiger partial charge is 0.331 e. The van der Waals surface area contributed by atoms with Gasteiger partial charge in [-0.05, 0) is 37.8 Å².